The molecule has 1 amide bonds. The maximum absolute atomic E-state index is 11.6. The number of fused-ring (bicyclic) bond motifs is 1. The monoisotopic (exact) mass is 409 g/mol. The number of amides is 1. The predicted molar refractivity (Wildman–Crippen MR) is 98.6 cm³/mol. The summed E-state index contributed by atoms with van der Waals surface area (Å²) in [5, 5.41) is 10.0. The Hall–Kier alpha value is -2.22. The number of hydrogen-bond acceptors (Lipinski definition) is 4. The van der Waals surface area contributed by atoms with Crippen molar-refractivity contribution in [3.05, 3.63) is 52.5 Å². The average Bonchev–Trinajstić information content (AvgIpc) is 2.88. The highest BCUT2D eigenvalue weighted by Gasteiger charge is 2.31. The molecule has 3 rings (SSSR count). The number of phenols is 1. The summed E-state index contributed by atoms with van der Waals surface area (Å²) in [5.41, 5.74) is 4.32. The van der Waals surface area contributed by atoms with Crippen LogP contribution in [0.1, 0.15) is 12.0 Å². The summed E-state index contributed by atoms with van der Waals surface area (Å²) >= 11 is 3.38. The molecule has 8 heteroatoms. The van der Waals surface area contributed by atoms with Gasteiger partial charge in [-0.1, -0.05) is 28.1 Å². The summed E-state index contributed by atoms with van der Waals surface area (Å²) in [5.74, 6) is 5.50. The van der Waals surface area contributed by atoms with Gasteiger partial charge in [0.15, 0.2) is 5.69 Å². The number of rotatable bonds is 3. The number of hydrazine groups is 1. The molecule has 0 unspecified atom stereocenters. The average molecular weight is 411 g/mol. The molecule has 2 aromatic rings. The Morgan fingerprint density at radius 3 is 2.83 bits per heavy atom. The van der Waals surface area contributed by atoms with Crippen molar-refractivity contribution in [1.29, 1.82) is 0 Å². The molecule has 0 spiro atoms. The summed E-state index contributed by atoms with van der Waals surface area (Å²) in [6, 6.07) is 12.7. The third-order valence-corrected chi connectivity index (χ3v) is 3.90. The number of halogens is 2. The molecule has 1 aliphatic rings. The molecule has 0 aromatic heterocycles. The molecule has 0 aliphatic carbocycles. The molecule has 1 heterocycles. The second-order valence-electron chi connectivity index (χ2n) is 4.96. The van der Waals surface area contributed by atoms with Gasteiger partial charge in [-0.05, 0) is 35.3 Å². The van der Waals surface area contributed by atoms with Crippen molar-refractivity contribution in [3.8, 4) is 5.75 Å². The highest BCUT2D eigenvalue weighted by atomic mass is 79.9. The molecule has 0 bridgehead atoms. The summed E-state index contributed by atoms with van der Waals surface area (Å²) in [4.78, 5) is 16.1. The molecule has 1 aliphatic heterocycles. The van der Waals surface area contributed by atoms with Crippen molar-refractivity contribution in [2.45, 2.75) is 6.42 Å². The normalized spacial score (nSPS) is 13.9. The zero-order valence-electron chi connectivity index (χ0n) is 12.4. The molecule has 2 aromatic carbocycles. The summed E-state index contributed by atoms with van der Waals surface area (Å²) in [7, 11) is 0. The minimum absolute atomic E-state index is 0. The molecule has 0 fully saturated rings. The zero-order valence-corrected chi connectivity index (χ0v) is 14.8. The topological polar surface area (TPSA) is 90.7 Å². The highest BCUT2D eigenvalue weighted by molar-refractivity contribution is 9.10. The Kier molecular flexibility index (Phi) is 5.71. The number of amidine groups is 1. The number of benzene rings is 2. The largest absolute Gasteiger partial charge is 0.507 e. The summed E-state index contributed by atoms with van der Waals surface area (Å²) in [6.07, 6.45) is 1.78. The fourth-order valence-electron chi connectivity index (χ4n) is 2.33. The van der Waals surface area contributed by atoms with Crippen LogP contribution in [0.2, 0.25) is 0 Å². The second-order valence-corrected chi connectivity index (χ2v) is 5.88. The first-order chi connectivity index (χ1) is 11.1. The SMILES string of the molecule is Cl.NNC(=O)CC1=Nc2ccccc2[N+]1=Cc1cc(Br)ccc1O. The number of nitrogens with one attached hydrogen (secondary N) is 1. The fraction of sp³-hybridized carbons (Fsp3) is 0.0625. The van der Waals surface area contributed by atoms with Gasteiger partial charge in [-0.3, -0.25) is 10.2 Å². The van der Waals surface area contributed by atoms with E-state index in [1.165, 1.54) is 0 Å². The number of hydrogen-bond donors (Lipinski definition) is 3. The Bertz CT molecular complexity index is 852. The van der Waals surface area contributed by atoms with E-state index in [1.807, 2.05) is 24.3 Å². The number of carbonyl (C=O) groups is 1. The molecular formula is C16H15BrClN4O2+. The van der Waals surface area contributed by atoms with Gasteiger partial charge in [-0.2, -0.15) is 4.58 Å². The Labute approximate surface area is 153 Å². The van der Waals surface area contributed by atoms with Crippen LogP contribution >= 0.6 is 28.3 Å². The molecule has 24 heavy (non-hydrogen) atoms. The van der Waals surface area contributed by atoms with E-state index < -0.39 is 0 Å². The minimum atomic E-state index is -0.339. The third-order valence-electron chi connectivity index (χ3n) is 3.41. The van der Waals surface area contributed by atoms with E-state index >= 15 is 0 Å². The van der Waals surface area contributed by atoms with E-state index in [1.54, 1.807) is 29.0 Å². The van der Waals surface area contributed by atoms with Gasteiger partial charge in [0.2, 0.25) is 11.6 Å². The lowest BCUT2D eigenvalue weighted by Gasteiger charge is -2.03. The molecule has 4 N–H and O–H groups in total. The van der Waals surface area contributed by atoms with Crippen molar-refractivity contribution in [3.63, 3.8) is 0 Å². The van der Waals surface area contributed by atoms with E-state index in [0.29, 0.717) is 11.4 Å². The molecule has 124 valence electrons. The third kappa shape index (κ3) is 3.64. The quantitative estimate of drug-likeness (QED) is 0.314. The van der Waals surface area contributed by atoms with Crippen LogP contribution in [0.3, 0.4) is 0 Å². The van der Waals surface area contributed by atoms with Gasteiger partial charge in [0.05, 0.1) is 5.56 Å². The van der Waals surface area contributed by atoms with Gasteiger partial charge in [0.1, 0.15) is 18.4 Å². The smallest absolute Gasteiger partial charge is 0.314 e. The summed E-state index contributed by atoms with van der Waals surface area (Å²) in [6.45, 7) is 0. The Morgan fingerprint density at radius 2 is 2.08 bits per heavy atom. The maximum Gasteiger partial charge on any atom is 0.314 e. The number of para-hydroxylation sites is 2. The second kappa shape index (κ2) is 7.57. The van der Waals surface area contributed by atoms with Crippen LogP contribution in [-0.2, 0) is 4.79 Å². The molecule has 0 saturated carbocycles. The lowest BCUT2D eigenvalue weighted by atomic mass is 10.2. The van der Waals surface area contributed by atoms with Gasteiger partial charge in [0.25, 0.3) is 0 Å². The maximum atomic E-state index is 11.6. The van der Waals surface area contributed by atoms with Crippen LogP contribution in [0.5, 0.6) is 5.75 Å². The highest BCUT2D eigenvalue weighted by Crippen LogP contribution is 2.34. The van der Waals surface area contributed by atoms with E-state index in [2.05, 4.69) is 26.3 Å². The number of aromatic hydroxyl groups is 1. The van der Waals surface area contributed by atoms with E-state index in [9.17, 15) is 9.90 Å². The van der Waals surface area contributed by atoms with Crippen molar-refractivity contribution in [2.24, 2.45) is 10.8 Å². The van der Waals surface area contributed by atoms with Gasteiger partial charge in [-0.25, -0.2) is 5.84 Å². The van der Waals surface area contributed by atoms with E-state index in [-0.39, 0.29) is 30.5 Å². The molecule has 0 saturated heterocycles. The van der Waals surface area contributed by atoms with Crippen LogP contribution in [0, 0.1) is 0 Å². The first kappa shape index (κ1) is 18.1. The molecule has 6 nitrogen and oxygen atoms in total. The van der Waals surface area contributed by atoms with Crippen molar-refractivity contribution >= 4 is 57.7 Å². The number of nitrogens with two attached hydrogens (primary N) is 1. The van der Waals surface area contributed by atoms with Crippen LogP contribution in [0.4, 0.5) is 11.4 Å². The predicted octanol–water partition coefficient (Wildman–Crippen LogP) is 2.76. The van der Waals surface area contributed by atoms with Crippen molar-refractivity contribution in [1.82, 2.24) is 5.43 Å². The first-order valence-corrected chi connectivity index (χ1v) is 7.66. The summed E-state index contributed by atoms with van der Waals surface area (Å²) < 4.78 is 2.62. The fourth-order valence-corrected chi connectivity index (χ4v) is 2.70. The van der Waals surface area contributed by atoms with Crippen LogP contribution in [-0.4, -0.2) is 27.6 Å². The number of phenolic OH excluding ortho intramolecular Hbond substituents is 1. The van der Waals surface area contributed by atoms with Gasteiger partial charge in [-0.15, -0.1) is 12.4 Å². The van der Waals surface area contributed by atoms with Crippen LogP contribution in [0.15, 0.2) is 51.9 Å². The van der Waals surface area contributed by atoms with Crippen molar-refractivity contribution in [2.75, 3.05) is 0 Å². The van der Waals surface area contributed by atoms with Gasteiger partial charge in [0, 0.05) is 4.47 Å². The number of aliphatic imine (C=N–C) groups is 1. The lowest BCUT2D eigenvalue weighted by molar-refractivity contribution is -0.296. The molecule has 0 atom stereocenters. The first-order valence-electron chi connectivity index (χ1n) is 6.87. The molecular weight excluding hydrogens is 396 g/mol. The Balaban J connectivity index is 0.00000208. The Morgan fingerprint density at radius 1 is 1.33 bits per heavy atom. The van der Waals surface area contributed by atoms with Gasteiger partial charge < -0.3 is 5.11 Å². The number of carbonyl (C=O) groups excluding carboxylic acids is 1. The van der Waals surface area contributed by atoms with E-state index in [4.69, 9.17) is 5.84 Å². The van der Waals surface area contributed by atoms with Gasteiger partial charge >= 0.3 is 5.84 Å². The minimum Gasteiger partial charge on any atom is -0.507 e. The van der Waals surface area contributed by atoms with Crippen molar-refractivity contribution < 1.29 is 14.5 Å². The van der Waals surface area contributed by atoms with Crippen LogP contribution < -0.4 is 11.3 Å². The molecule has 0 radical (unpaired) electrons. The van der Waals surface area contributed by atoms with E-state index in [0.717, 1.165) is 15.8 Å². The standard InChI is InChI=1S/C16H13BrN4O2.ClH/c17-11-5-6-14(22)10(7-11)9-21-13-4-2-1-3-12(13)19-15(21)8-16(23)20-18;/h1-7,9H,8,18H2,(H,20,23);1H/p+1. The van der Waals surface area contributed by atoms with Crippen LogP contribution in [0.25, 0.3) is 0 Å². The number of nitrogens with zero attached hydrogens (tertiary/aromatic N) is 2. The zero-order chi connectivity index (χ0) is 16.4. The lowest BCUT2D eigenvalue weighted by Crippen LogP contribution is -2.33.